The molecule has 1 N–H and O–H groups in total. The number of likely N-dealkylation sites (tertiary alicyclic amines) is 1. The number of carbonyl (C=O) groups is 2. The topological polar surface area (TPSA) is 117 Å². The van der Waals surface area contributed by atoms with Crippen molar-refractivity contribution in [1.29, 1.82) is 0 Å². The Kier molecular flexibility index (Phi) is 7.35. The van der Waals surface area contributed by atoms with Crippen LogP contribution in [0.5, 0.6) is 5.75 Å². The van der Waals surface area contributed by atoms with Gasteiger partial charge in [0.15, 0.2) is 0 Å². The van der Waals surface area contributed by atoms with Crippen LogP contribution >= 0.6 is 11.6 Å². The van der Waals surface area contributed by atoms with E-state index in [1.54, 1.807) is 6.92 Å². The number of nitro groups is 1. The van der Waals surface area contributed by atoms with Crippen LogP contribution < -0.4 is 14.7 Å². The van der Waals surface area contributed by atoms with Gasteiger partial charge < -0.3 is 19.6 Å². The fraction of sp³-hybridized carbons (Fsp3) is 0.304. The van der Waals surface area contributed by atoms with E-state index in [4.69, 9.17) is 16.3 Å². The first-order valence-corrected chi connectivity index (χ1v) is 10.8. The number of amides is 1. The van der Waals surface area contributed by atoms with E-state index in [-0.39, 0.29) is 28.4 Å². The van der Waals surface area contributed by atoms with Crippen molar-refractivity contribution in [3.8, 4) is 5.75 Å². The maximum Gasteiger partial charge on any atom is 0.295 e. The van der Waals surface area contributed by atoms with Crippen LogP contribution in [0.25, 0.3) is 5.76 Å². The standard InChI is InChI=1S/C23H24ClN3O6/c1-4-33-18-10-7-15(13-17(18)24)21(28)19-20(14-5-8-16(9-6-14)27(31)32)26(12-11-25(2)3)23(30)22(19)29/h5-10,13,20,28H,4,11-12H2,1-3H3. The largest absolute Gasteiger partial charge is 0.872 e. The Morgan fingerprint density at radius 2 is 1.85 bits per heavy atom. The van der Waals surface area contributed by atoms with Gasteiger partial charge in [0.25, 0.3) is 11.6 Å². The molecule has 3 rings (SSSR count). The van der Waals surface area contributed by atoms with Gasteiger partial charge in [0.05, 0.1) is 49.8 Å². The summed E-state index contributed by atoms with van der Waals surface area (Å²) in [6, 6.07) is 8.97. The van der Waals surface area contributed by atoms with Crippen LogP contribution in [0.1, 0.15) is 24.1 Å². The molecule has 174 valence electrons. The van der Waals surface area contributed by atoms with E-state index < -0.39 is 28.4 Å². The van der Waals surface area contributed by atoms with E-state index in [9.17, 15) is 24.8 Å². The van der Waals surface area contributed by atoms with Gasteiger partial charge in [0.1, 0.15) is 5.75 Å². The number of ketones is 1. The second-order valence-electron chi connectivity index (χ2n) is 7.86. The molecule has 0 bridgehead atoms. The summed E-state index contributed by atoms with van der Waals surface area (Å²) in [5.41, 5.74) is 0.244. The Morgan fingerprint density at radius 3 is 2.39 bits per heavy atom. The fourth-order valence-electron chi connectivity index (χ4n) is 3.64. The Bertz CT molecular complexity index is 1110. The third-order valence-electron chi connectivity index (χ3n) is 5.30. The number of Topliss-reactive ketones (excluding diaryl/α,β-unsaturated/α-hetero) is 1. The van der Waals surface area contributed by atoms with Crippen LogP contribution in [-0.2, 0) is 9.59 Å². The van der Waals surface area contributed by atoms with Crippen LogP contribution in [0, 0.1) is 10.1 Å². The van der Waals surface area contributed by atoms with Crippen molar-refractivity contribution < 1.29 is 29.3 Å². The predicted octanol–water partition coefficient (Wildman–Crippen LogP) is 1.02. The quantitative estimate of drug-likeness (QED) is 0.201. The summed E-state index contributed by atoms with van der Waals surface area (Å²) in [7, 11) is 3.81. The Hall–Kier alpha value is -3.43. The van der Waals surface area contributed by atoms with Crippen molar-refractivity contribution >= 4 is 34.7 Å². The van der Waals surface area contributed by atoms with E-state index in [1.165, 1.54) is 47.4 Å². The third kappa shape index (κ3) is 4.99. The van der Waals surface area contributed by atoms with Crippen molar-refractivity contribution in [1.82, 2.24) is 4.90 Å². The first-order chi connectivity index (χ1) is 15.6. The fourth-order valence-corrected chi connectivity index (χ4v) is 3.88. The van der Waals surface area contributed by atoms with Gasteiger partial charge in [-0.15, -0.1) is 0 Å². The molecule has 1 aliphatic rings. The number of hydrogen-bond donors (Lipinski definition) is 1. The Balaban J connectivity index is 2.13. The molecule has 0 aromatic heterocycles. The normalized spacial score (nSPS) is 17.6. The lowest BCUT2D eigenvalue weighted by Crippen LogP contribution is -3.06. The summed E-state index contributed by atoms with van der Waals surface area (Å²) >= 11 is 6.22. The highest BCUT2D eigenvalue weighted by atomic mass is 35.5. The summed E-state index contributed by atoms with van der Waals surface area (Å²) in [6.45, 7) is 2.96. The van der Waals surface area contributed by atoms with E-state index >= 15 is 0 Å². The number of nitrogens with zero attached hydrogens (tertiary/aromatic N) is 2. The zero-order valence-corrected chi connectivity index (χ0v) is 19.2. The Morgan fingerprint density at radius 1 is 1.18 bits per heavy atom. The molecule has 1 saturated heterocycles. The number of likely N-dealkylation sites (N-methyl/N-ethyl adjacent to an activating group) is 1. The lowest BCUT2D eigenvalue weighted by atomic mass is 9.95. The number of carbonyl (C=O) groups excluding carboxylic acids is 2. The summed E-state index contributed by atoms with van der Waals surface area (Å²) in [4.78, 5) is 38.7. The molecule has 2 aromatic carbocycles. The van der Waals surface area contributed by atoms with Gasteiger partial charge in [-0.25, -0.2) is 0 Å². The first-order valence-electron chi connectivity index (χ1n) is 10.4. The highest BCUT2D eigenvalue weighted by molar-refractivity contribution is 6.46. The molecule has 0 spiro atoms. The van der Waals surface area contributed by atoms with Crippen molar-refractivity contribution in [3.05, 3.63) is 74.3 Å². The minimum atomic E-state index is -0.956. The molecule has 2 aromatic rings. The molecular formula is C23H24ClN3O6. The number of benzene rings is 2. The average molecular weight is 474 g/mol. The maximum absolute atomic E-state index is 13.4. The molecule has 0 aliphatic carbocycles. The van der Waals surface area contributed by atoms with Crippen LogP contribution in [0.3, 0.4) is 0 Å². The minimum Gasteiger partial charge on any atom is -0.872 e. The summed E-state index contributed by atoms with van der Waals surface area (Å²) in [5, 5.41) is 24.7. The number of rotatable bonds is 8. The number of quaternary nitrogens is 1. The molecule has 0 saturated carbocycles. The number of hydrogen-bond acceptors (Lipinski definition) is 6. The molecule has 9 nitrogen and oxygen atoms in total. The van der Waals surface area contributed by atoms with Gasteiger partial charge in [0, 0.05) is 17.7 Å². The monoisotopic (exact) mass is 473 g/mol. The number of non-ortho nitro benzene ring substituents is 1. The summed E-state index contributed by atoms with van der Waals surface area (Å²) in [5.74, 6) is -1.89. The van der Waals surface area contributed by atoms with Gasteiger partial charge in [-0.3, -0.25) is 19.7 Å². The summed E-state index contributed by atoms with van der Waals surface area (Å²) in [6.07, 6.45) is 0. The number of nitro benzene ring substituents is 1. The SMILES string of the molecule is CCOc1ccc(C([O-])=C2C(=O)C(=O)N(CC[NH+](C)C)C2c2ccc([N+](=O)[O-])cc2)cc1Cl. The van der Waals surface area contributed by atoms with E-state index in [0.717, 1.165) is 4.90 Å². The molecule has 1 amide bonds. The van der Waals surface area contributed by atoms with Crippen LogP contribution in [-0.4, -0.2) is 55.3 Å². The van der Waals surface area contributed by atoms with Gasteiger partial charge in [-0.05, 0) is 42.3 Å². The van der Waals surface area contributed by atoms with Crippen molar-refractivity contribution in [2.24, 2.45) is 0 Å². The van der Waals surface area contributed by atoms with Crippen molar-refractivity contribution in [2.45, 2.75) is 13.0 Å². The first kappa shape index (κ1) is 24.2. The zero-order valence-electron chi connectivity index (χ0n) is 18.5. The maximum atomic E-state index is 13.4. The summed E-state index contributed by atoms with van der Waals surface area (Å²) < 4.78 is 5.39. The smallest absolute Gasteiger partial charge is 0.295 e. The molecule has 0 radical (unpaired) electrons. The lowest BCUT2D eigenvalue weighted by molar-refractivity contribution is -0.857. The molecule has 33 heavy (non-hydrogen) atoms. The van der Waals surface area contributed by atoms with E-state index in [2.05, 4.69) is 0 Å². The van der Waals surface area contributed by atoms with Gasteiger partial charge in [-0.2, -0.15) is 0 Å². The molecule has 10 heteroatoms. The minimum absolute atomic E-state index is 0.134. The Labute approximate surface area is 196 Å². The van der Waals surface area contributed by atoms with E-state index in [0.29, 0.717) is 24.5 Å². The van der Waals surface area contributed by atoms with Crippen LogP contribution in [0.2, 0.25) is 5.02 Å². The number of nitrogens with one attached hydrogen (secondary N) is 1. The molecule has 1 fully saturated rings. The van der Waals surface area contributed by atoms with Gasteiger partial charge in [-0.1, -0.05) is 23.4 Å². The van der Waals surface area contributed by atoms with Crippen molar-refractivity contribution in [2.75, 3.05) is 33.8 Å². The highest BCUT2D eigenvalue weighted by Gasteiger charge is 2.44. The molecule has 1 atom stereocenters. The third-order valence-corrected chi connectivity index (χ3v) is 5.59. The predicted molar refractivity (Wildman–Crippen MR) is 120 cm³/mol. The lowest BCUT2D eigenvalue weighted by Gasteiger charge is -2.27. The van der Waals surface area contributed by atoms with E-state index in [1.807, 2.05) is 14.1 Å². The molecule has 1 aliphatic heterocycles. The van der Waals surface area contributed by atoms with Crippen LogP contribution in [0.15, 0.2) is 48.0 Å². The average Bonchev–Trinajstić information content (AvgIpc) is 3.03. The number of halogens is 1. The highest BCUT2D eigenvalue weighted by Crippen LogP contribution is 2.39. The molecule has 1 heterocycles. The van der Waals surface area contributed by atoms with Crippen LogP contribution in [0.4, 0.5) is 5.69 Å². The van der Waals surface area contributed by atoms with Gasteiger partial charge in [0.2, 0.25) is 5.78 Å². The second kappa shape index (κ2) is 10.0. The zero-order chi connectivity index (χ0) is 24.3. The second-order valence-corrected chi connectivity index (χ2v) is 8.26. The molecular weight excluding hydrogens is 450 g/mol. The number of ether oxygens (including phenoxy) is 1. The van der Waals surface area contributed by atoms with Gasteiger partial charge >= 0.3 is 0 Å². The molecule has 1 unspecified atom stereocenters. The van der Waals surface area contributed by atoms with Crippen molar-refractivity contribution in [3.63, 3.8) is 0 Å².